The average molecular weight is 361 g/mol. The highest BCUT2D eigenvalue weighted by Gasteiger charge is 2.24. The molecule has 5 nitrogen and oxygen atoms in total. The summed E-state index contributed by atoms with van der Waals surface area (Å²) in [6.07, 6.45) is 1.67. The third-order valence-electron chi connectivity index (χ3n) is 3.23. The lowest BCUT2D eigenvalue weighted by Gasteiger charge is -2.03. The van der Waals surface area contributed by atoms with Crippen LogP contribution in [-0.2, 0) is 4.79 Å². The van der Waals surface area contributed by atoms with E-state index in [1.54, 1.807) is 30.3 Å². The van der Waals surface area contributed by atoms with Gasteiger partial charge in [-0.15, -0.1) is 0 Å². The first-order chi connectivity index (χ1) is 11.6. The van der Waals surface area contributed by atoms with E-state index in [2.05, 4.69) is 10.3 Å². The van der Waals surface area contributed by atoms with Gasteiger partial charge in [0.15, 0.2) is 16.7 Å². The predicted octanol–water partition coefficient (Wildman–Crippen LogP) is 3.95. The summed E-state index contributed by atoms with van der Waals surface area (Å²) in [7, 11) is 1.48. The van der Waals surface area contributed by atoms with Crippen molar-refractivity contribution in [2.75, 3.05) is 7.11 Å². The number of phenolic OH excluding ortho intramolecular Hbond substituents is 1. The molecule has 0 unspecified atom stereocenters. The Hall–Kier alpha value is -2.44. The normalized spacial score (nSPS) is 17.3. The van der Waals surface area contributed by atoms with E-state index in [1.165, 1.54) is 24.9 Å². The van der Waals surface area contributed by atoms with E-state index < -0.39 is 0 Å². The fraction of sp³-hybridized carbons (Fsp3) is 0.0588. The highest BCUT2D eigenvalue weighted by atomic mass is 35.5. The summed E-state index contributed by atoms with van der Waals surface area (Å²) >= 11 is 7.28. The molecular weight excluding hydrogens is 348 g/mol. The lowest BCUT2D eigenvalue weighted by molar-refractivity contribution is -0.115. The highest BCUT2D eigenvalue weighted by molar-refractivity contribution is 8.18. The van der Waals surface area contributed by atoms with E-state index in [0.29, 0.717) is 32.1 Å². The Labute approximate surface area is 148 Å². The second-order valence-electron chi connectivity index (χ2n) is 4.86. The summed E-state index contributed by atoms with van der Waals surface area (Å²) in [4.78, 5) is 16.9. The first-order valence-electron chi connectivity index (χ1n) is 6.98. The minimum atomic E-state index is -0.249. The summed E-state index contributed by atoms with van der Waals surface area (Å²) in [6.45, 7) is 0. The first kappa shape index (κ1) is 16.4. The van der Waals surface area contributed by atoms with Crippen LogP contribution in [0.3, 0.4) is 0 Å². The fourth-order valence-electron chi connectivity index (χ4n) is 2.08. The lowest BCUT2D eigenvalue weighted by Crippen LogP contribution is -2.19. The number of halogens is 1. The van der Waals surface area contributed by atoms with Gasteiger partial charge in [0, 0.05) is 0 Å². The summed E-state index contributed by atoms with van der Waals surface area (Å²) < 4.78 is 5.00. The van der Waals surface area contributed by atoms with Crippen molar-refractivity contribution < 1.29 is 14.6 Å². The molecular formula is C17H13ClN2O3S. The number of hydrogen-bond donors (Lipinski definition) is 2. The van der Waals surface area contributed by atoms with Crippen LogP contribution >= 0.6 is 23.4 Å². The van der Waals surface area contributed by atoms with Crippen molar-refractivity contribution in [1.29, 1.82) is 0 Å². The number of amidine groups is 1. The number of aliphatic imine (C=N–C) groups is 1. The molecule has 24 heavy (non-hydrogen) atoms. The Bertz CT molecular complexity index is 865. The van der Waals surface area contributed by atoms with Crippen LogP contribution in [0.2, 0.25) is 5.02 Å². The van der Waals surface area contributed by atoms with E-state index in [4.69, 9.17) is 16.3 Å². The highest BCUT2D eigenvalue weighted by Crippen LogP contribution is 2.32. The van der Waals surface area contributed by atoms with E-state index >= 15 is 0 Å². The molecule has 1 amide bonds. The summed E-state index contributed by atoms with van der Waals surface area (Å²) in [5, 5.41) is 13.5. The molecule has 1 aliphatic rings. The van der Waals surface area contributed by atoms with Crippen LogP contribution in [-0.4, -0.2) is 23.3 Å². The van der Waals surface area contributed by atoms with Crippen molar-refractivity contribution in [2.45, 2.75) is 0 Å². The van der Waals surface area contributed by atoms with Gasteiger partial charge in [-0.25, -0.2) is 4.99 Å². The van der Waals surface area contributed by atoms with Crippen molar-refractivity contribution in [1.82, 2.24) is 5.32 Å². The minimum absolute atomic E-state index is 0.0141. The number of para-hydroxylation sites is 1. The molecule has 2 aromatic carbocycles. The smallest absolute Gasteiger partial charge is 0.264 e. The van der Waals surface area contributed by atoms with Gasteiger partial charge in [0.25, 0.3) is 5.91 Å². The van der Waals surface area contributed by atoms with Crippen LogP contribution in [0.25, 0.3) is 6.08 Å². The zero-order chi connectivity index (χ0) is 17.1. The maximum atomic E-state index is 12.1. The third-order valence-corrected chi connectivity index (χ3v) is 4.46. The number of nitrogens with one attached hydrogen (secondary N) is 1. The van der Waals surface area contributed by atoms with Crippen LogP contribution in [0.4, 0.5) is 5.69 Å². The van der Waals surface area contributed by atoms with E-state index in [9.17, 15) is 9.90 Å². The van der Waals surface area contributed by atoms with Crippen molar-refractivity contribution >= 4 is 46.2 Å². The number of ether oxygens (including phenoxy) is 1. The van der Waals surface area contributed by atoms with Crippen molar-refractivity contribution in [3.8, 4) is 11.5 Å². The molecule has 0 atom stereocenters. The Balaban J connectivity index is 1.85. The number of rotatable bonds is 3. The summed E-state index contributed by atoms with van der Waals surface area (Å²) in [5.74, 6) is 0.142. The molecule has 0 aliphatic carbocycles. The number of nitrogens with zero attached hydrogens (tertiary/aromatic N) is 1. The van der Waals surface area contributed by atoms with E-state index in [1.807, 2.05) is 12.1 Å². The maximum Gasteiger partial charge on any atom is 0.264 e. The predicted molar refractivity (Wildman–Crippen MR) is 96.9 cm³/mol. The van der Waals surface area contributed by atoms with Gasteiger partial charge in [-0.3, -0.25) is 4.79 Å². The first-order valence-corrected chi connectivity index (χ1v) is 8.17. The van der Waals surface area contributed by atoms with Gasteiger partial charge in [0.2, 0.25) is 0 Å². The third kappa shape index (κ3) is 3.55. The number of phenols is 1. The zero-order valence-corrected chi connectivity index (χ0v) is 14.2. The van der Waals surface area contributed by atoms with Gasteiger partial charge in [0.05, 0.1) is 22.7 Å². The topological polar surface area (TPSA) is 70.9 Å². The average Bonchev–Trinajstić information content (AvgIpc) is 2.89. The minimum Gasteiger partial charge on any atom is -0.504 e. The Kier molecular flexibility index (Phi) is 4.78. The quantitative estimate of drug-likeness (QED) is 0.813. The van der Waals surface area contributed by atoms with Gasteiger partial charge < -0.3 is 15.2 Å². The molecule has 2 N–H and O–H groups in total. The molecule has 0 radical (unpaired) electrons. The number of methoxy groups -OCH3 is 1. The molecule has 1 aliphatic heterocycles. The number of hydrogen-bond acceptors (Lipinski definition) is 5. The van der Waals surface area contributed by atoms with E-state index in [-0.39, 0.29) is 11.7 Å². The van der Waals surface area contributed by atoms with Crippen LogP contribution in [0.1, 0.15) is 5.56 Å². The van der Waals surface area contributed by atoms with E-state index in [0.717, 1.165) is 0 Å². The number of benzene rings is 2. The maximum absolute atomic E-state index is 12.1. The summed E-state index contributed by atoms with van der Waals surface area (Å²) in [6, 6.07) is 12.1. The Morgan fingerprint density at radius 1 is 1.29 bits per heavy atom. The molecule has 7 heteroatoms. The van der Waals surface area contributed by atoms with Crippen molar-refractivity contribution in [2.24, 2.45) is 4.99 Å². The number of aromatic hydroxyl groups is 1. The molecule has 2 aromatic rings. The van der Waals surface area contributed by atoms with Crippen LogP contribution in [0.5, 0.6) is 11.5 Å². The number of amides is 1. The summed E-state index contributed by atoms with van der Waals surface area (Å²) in [5.41, 5.74) is 1.27. The van der Waals surface area contributed by atoms with Gasteiger partial charge in [0.1, 0.15) is 0 Å². The van der Waals surface area contributed by atoms with Crippen molar-refractivity contribution in [3.05, 3.63) is 58.0 Å². The van der Waals surface area contributed by atoms with Crippen LogP contribution in [0.15, 0.2) is 52.4 Å². The van der Waals surface area contributed by atoms with Crippen LogP contribution in [0, 0.1) is 0 Å². The zero-order valence-electron chi connectivity index (χ0n) is 12.6. The second-order valence-corrected chi connectivity index (χ2v) is 6.30. The van der Waals surface area contributed by atoms with Gasteiger partial charge in [-0.2, -0.15) is 0 Å². The molecule has 1 fully saturated rings. The molecule has 1 heterocycles. The standard InChI is InChI=1S/C17H13ClN2O3S/c1-23-14-7-6-10(8-13(14)21)9-15-16(22)20-17(24-15)19-12-5-3-2-4-11(12)18/h2-9,21H,1H3,(H,19,20,22)/b15-9-. The molecule has 3 rings (SSSR count). The number of carbonyl (C=O) groups excluding carboxylic acids is 1. The Morgan fingerprint density at radius 3 is 2.79 bits per heavy atom. The van der Waals surface area contributed by atoms with Gasteiger partial charge in [-0.1, -0.05) is 29.8 Å². The molecule has 0 spiro atoms. The SMILES string of the molecule is COc1ccc(/C=C2\SC(=Nc3ccccc3Cl)NC2=O)cc1O. The molecule has 0 saturated carbocycles. The molecule has 122 valence electrons. The molecule has 0 bridgehead atoms. The van der Waals surface area contributed by atoms with Gasteiger partial charge >= 0.3 is 0 Å². The fourth-order valence-corrected chi connectivity index (χ4v) is 3.09. The Morgan fingerprint density at radius 2 is 2.08 bits per heavy atom. The second kappa shape index (κ2) is 6.98. The number of carbonyl (C=O) groups is 1. The van der Waals surface area contributed by atoms with Gasteiger partial charge in [-0.05, 0) is 47.7 Å². The molecule has 0 aromatic heterocycles. The largest absolute Gasteiger partial charge is 0.504 e. The lowest BCUT2D eigenvalue weighted by atomic mass is 10.2. The monoisotopic (exact) mass is 360 g/mol. The molecule has 1 saturated heterocycles. The van der Waals surface area contributed by atoms with Crippen LogP contribution < -0.4 is 10.1 Å². The van der Waals surface area contributed by atoms with Crippen molar-refractivity contribution in [3.63, 3.8) is 0 Å². The number of thioether (sulfide) groups is 1.